The summed E-state index contributed by atoms with van der Waals surface area (Å²) >= 11 is 0. The summed E-state index contributed by atoms with van der Waals surface area (Å²) in [5.74, 6) is -1.01. The van der Waals surface area contributed by atoms with Crippen LogP contribution >= 0.6 is 0 Å². The van der Waals surface area contributed by atoms with E-state index in [2.05, 4.69) is 19.2 Å². The Morgan fingerprint density at radius 1 is 1.33 bits per heavy atom. The molecule has 0 spiro atoms. The molecule has 1 heterocycles. The van der Waals surface area contributed by atoms with E-state index in [9.17, 15) is 14.7 Å². The Morgan fingerprint density at radius 3 is 2.52 bits per heavy atom. The number of urea groups is 1. The zero-order valence-corrected chi connectivity index (χ0v) is 12.5. The minimum absolute atomic E-state index is 0.107. The van der Waals surface area contributed by atoms with Gasteiger partial charge in [-0.2, -0.15) is 0 Å². The van der Waals surface area contributed by atoms with E-state index in [1.165, 1.54) is 0 Å². The number of carboxylic acid groups (broad SMARTS) is 1. The van der Waals surface area contributed by atoms with Crippen molar-refractivity contribution in [3.8, 4) is 0 Å². The van der Waals surface area contributed by atoms with E-state index in [-0.39, 0.29) is 11.4 Å². The van der Waals surface area contributed by atoms with Crippen LogP contribution in [0.4, 0.5) is 4.79 Å². The highest BCUT2D eigenvalue weighted by Gasteiger charge is 2.33. The molecule has 0 aromatic heterocycles. The molecule has 1 aliphatic rings. The minimum atomic E-state index is -1.01. The van der Waals surface area contributed by atoms with Gasteiger partial charge in [-0.25, -0.2) is 9.59 Å². The molecule has 0 bridgehead atoms. The van der Waals surface area contributed by atoms with Gasteiger partial charge in [0.15, 0.2) is 0 Å². The Bertz CT molecular complexity index is 514. The monoisotopic (exact) mass is 290 g/mol. The van der Waals surface area contributed by atoms with Gasteiger partial charge in [0, 0.05) is 19.5 Å². The Morgan fingerprint density at radius 2 is 2.00 bits per heavy atom. The van der Waals surface area contributed by atoms with Crippen molar-refractivity contribution in [2.75, 3.05) is 13.1 Å². The second kappa shape index (κ2) is 6.16. The van der Waals surface area contributed by atoms with E-state index in [1.807, 2.05) is 30.3 Å². The predicted octanol–water partition coefficient (Wildman–Crippen LogP) is 2.12. The fourth-order valence-corrected chi connectivity index (χ4v) is 2.58. The van der Waals surface area contributed by atoms with Crippen LogP contribution in [0.2, 0.25) is 0 Å². The SMILES string of the molecule is CC1(C)CCN(C(=O)N[C@@H](Cc2ccccc2)C(=O)O)C1. The smallest absolute Gasteiger partial charge is 0.326 e. The van der Waals surface area contributed by atoms with Crippen LogP contribution in [0.25, 0.3) is 0 Å². The summed E-state index contributed by atoms with van der Waals surface area (Å²) < 4.78 is 0. The molecule has 1 aromatic carbocycles. The molecule has 0 radical (unpaired) electrons. The Kier molecular flexibility index (Phi) is 4.50. The molecule has 5 nitrogen and oxygen atoms in total. The van der Waals surface area contributed by atoms with E-state index in [0.29, 0.717) is 19.5 Å². The van der Waals surface area contributed by atoms with Gasteiger partial charge in [0.2, 0.25) is 0 Å². The fourth-order valence-electron chi connectivity index (χ4n) is 2.58. The van der Waals surface area contributed by atoms with Gasteiger partial charge in [-0.3, -0.25) is 0 Å². The van der Waals surface area contributed by atoms with E-state index in [4.69, 9.17) is 0 Å². The Hall–Kier alpha value is -2.04. The van der Waals surface area contributed by atoms with E-state index < -0.39 is 12.0 Å². The van der Waals surface area contributed by atoms with Crippen molar-refractivity contribution in [2.24, 2.45) is 5.41 Å². The number of nitrogens with zero attached hydrogens (tertiary/aromatic N) is 1. The lowest BCUT2D eigenvalue weighted by Crippen LogP contribution is -2.48. The standard InChI is InChI=1S/C16H22N2O3/c1-16(2)8-9-18(11-16)15(21)17-13(14(19)20)10-12-6-4-3-5-7-12/h3-7,13H,8-11H2,1-2H3,(H,17,21)(H,19,20)/t13-/m0/s1. The van der Waals surface area contributed by atoms with Gasteiger partial charge < -0.3 is 15.3 Å². The normalized spacial score (nSPS) is 18.3. The third-order valence-corrected chi connectivity index (χ3v) is 3.84. The molecule has 5 heteroatoms. The van der Waals surface area contributed by atoms with Crippen LogP contribution < -0.4 is 5.32 Å². The van der Waals surface area contributed by atoms with Crippen molar-refractivity contribution in [2.45, 2.75) is 32.7 Å². The maximum Gasteiger partial charge on any atom is 0.326 e. The maximum atomic E-state index is 12.2. The molecule has 0 saturated carbocycles. The molecule has 114 valence electrons. The number of amides is 2. The number of carbonyl (C=O) groups excluding carboxylic acids is 1. The summed E-state index contributed by atoms with van der Waals surface area (Å²) in [5, 5.41) is 11.9. The molecule has 1 aliphatic heterocycles. The van der Waals surface area contributed by atoms with Crippen molar-refractivity contribution in [3.05, 3.63) is 35.9 Å². The van der Waals surface area contributed by atoms with Crippen LogP contribution in [0.3, 0.4) is 0 Å². The van der Waals surface area contributed by atoms with Gasteiger partial charge in [0.25, 0.3) is 0 Å². The first kappa shape index (κ1) is 15.4. The van der Waals surface area contributed by atoms with E-state index >= 15 is 0 Å². The first-order chi connectivity index (χ1) is 9.87. The van der Waals surface area contributed by atoms with E-state index in [1.54, 1.807) is 4.90 Å². The van der Waals surface area contributed by atoms with Crippen molar-refractivity contribution in [1.29, 1.82) is 0 Å². The molecular formula is C16H22N2O3. The second-order valence-corrected chi connectivity index (χ2v) is 6.37. The molecule has 1 fully saturated rings. The summed E-state index contributed by atoms with van der Waals surface area (Å²) in [4.78, 5) is 25.2. The number of hydrogen-bond donors (Lipinski definition) is 2. The van der Waals surface area contributed by atoms with Crippen LogP contribution in [-0.2, 0) is 11.2 Å². The summed E-state index contributed by atoms with van der Waals surface area (Å²) in [6.45, 7) is 5.56. The molecule has 2 amide bonds. The predicted molar refractivity (Wildman–Crippen MR) is 80.1 cm³/mol. The van der Waals surface area contributed by atoms with E-state index in [0.717, 1.165) is 12.0 Å². The lowest BCUT2D eigenvalue weighted by molar-refractivity contribution is -0.139. The molecule has 1 saturated heterocycles. The molecule has 0 aliphatic carbocycles. The molecule has 0 unspecified atom stereocenters. The number of carboxylic acids is 1. The highest BCUT2D eigenvalue weighted by atomic mass is 16.4. The lowest BCUT2D eigenvalue weighted by atomic mass is 9.93. The number of benzene rings is 1. The van der Waals surface area contributed by atoms with Gasteiger partial charge in [-0.1, -0.05) is 44.2 Å². The van der Waals surface area contributed by atoms with Crippen molar-refractivity contribution >= 4 is 12.0 Å². The quantitative estimate of drug-likeness (QED) is 0.892. The van der Waals surface area contributed by atoms with Gasteiger partial charge in [0.1, 0.15) is 6.04 Å². The first-order valence-corrected chi connectivity index (χ1v) is 7.19. The van der Waals surface area contributed by atoms with Crippen LogP contribution in [0, 0.1) is 5.41 Å². The van der Waals surface area contributed by atoms with Crippen LogP contribution in [0.1, 0.15) is 25.8 Å². The molecule has 1 aromatic rings. The minimum Gasteiger partial charge on any atom is -0.480 e. The molecule has 1 atom stereocenters. The highest BCUT2D eigenvalue weighted by molar-refractivity contribution is 5.83. The summed E-state index contributed by atoms with van der Waals surface area (Å²) in [6.07, 6.45) is 1.23. The Labute approximate surface area is 125 Å². The van der Waals surface area contributed by atoms with Crippen molar-refractivity contribution < 1.29 is 14.7 Å². The van der Waals surface area contributed by atoms with Crippen LogP contribution in [-0.4, -0.2) is 41.1 Å². The van der Waals surface area contributed by atoms with Crippen molar-refractivity contribution in [1.82, 2.24) is 10.2 Å². The maximum absolute atomic E-state index is 12.2. The summed E-state index contributed by atoms with van der Waals surface area (Å²) in [6, 6.07) is 8.14. The fraction of sp³-hybridized carbons (Fsp3) is 0.500. The molecule has 2 rings (SSSR count). The number of nitrogens with one attached hydrogen (secondary N) is 1. The zero-order valence-electron chi connectivity index (χ0n) is 12.5. The third kappa shape index (κ3) is 4.21. The average Bonchev–Trinajstić information content (AvgIpc) is 2.79. The zero-order chi connectivity index (χ0) is 15.5. The number of carbonyl (C=O) groups is 2. The lowest BCUT2D eigenvalue weighted by Gasteiger charge is -2.22. The molecule has 2 N–H and O–H groups in total. The Balaban J connectivity index is 1.97. The number of hydrogen-bond acceptors (Lipinski definition) is 2. The highest BCUT2D eigenvalue weighted by Crippen LogP contribution is 2.28. The van der Waals surface area contributed by atoms with Gasteiger partial charge >= 0.3 is 12.0 Å². The summed E-state index contributed by atoms with van der Waals surface area (Å²) in [7, 11) is 0. The largest absolute Gasteiger partial charge is 0.480 e. The van der Waals surface area contributed by atoms with Gasteiger partial charge in [0.05, 0.1) is 0 Å². The third-order valence-electron chi connectivity index (χ3n) is 3.84. The number of aliphatic carboxylic acids is 1. The number of likely N-dealkylation sites (tertiary alicyclic amines) is 1. The molecular weight excluding hydrogens is 268 g/mol. The topological polar surface area (TPSA) is 69.6 Å². The van der Waals surface area contributed by atoms with Gasteiger partial charge in [-0.05, 0) is 17.4 Å². The second-order valence-electron chi connectivity index (χ2n) is 6.37. The number of rotatable bonds is 4. The van der Waals surface area contributed by atoms with Gasteiger partial charge in [-0.15, -0.1) is 0 Å². The van der Waals surface area contributed by atoms with Crippen LogP contribution in [0.15, 0.2) is 30.3 Å². The molecule has 21 heavy (non-hydrogen) atoms. The van der Waals surface area contributed by atoms with Crippen LogP contribution in [0.5, 0.6) is 0 Å². The van der Waals surface area contributed by atoms with Crippen molar-refractivity contribution in [3.63, 3.8) is 0 Å². The first-order valence-electron chi connectivity index (χ1n) is 7.19. The average molecular weight is 290 g/mol. The summed E-state index contributed by atoms with van der Waals surface area (Å²) in [5.41, 5.74) is 1.00.